The first-order valence-corrected chi connectivity index (χ1v) is 5.20. The van der Waals surface area contributed by atoms with Crippen LogP contribution in [0.15, 0.2) is 30.3 Å². The lowest BCUT2D eigenvalue weighted by Crippen LogP contribution is -2.36. The van der Waals surface area contributed by atoms with Crippen LogP contribution >= 0.6 is 0 Å². The second kappa shape index (κ2) is 6.43. The minimum Gasteiger partial charge on any atom is -0.489 e. The number of nitrogens with zero attached hydrogens (tertiary/aromatic N) is 1. The molecule has 0 heterocycles. The zero-order valence-electron chi connectivity index (χ0n) is 9.64. The van der Waals surface area contributed by atoms with E-state index >= 15 is 0 Å². The Balaban J connectivity index is 2.40. The summed E-state index contributed by atoms with van der Waals surface area (Å²) >= 11 is 0. The highest BCUT2D eigenvalue weighted by Gasteiger charge is 2.11. The van der Waals surface area contributed by atoms with Crippen molar-refractivity contribution in [1.82, 2.24) is 4.90 Å². The highest BCUT2D eigenvalue weighted by Crippen LogP contribution is 2.09. The van der Waals surface area contributed by atoms with Gasteiger partial charge in [-0.1, -0.05) is 18.2 Å². The number of benzene rings is 1. The van der Waals surface area contributed by atoms with Gasteiger partial charge in [-0.3, -0.25) is 4.90 Å². The Labute approximate surface area is 91.6 Å². The highest BCUT2D eigenvalue weighted by molar-refractivity contribution is 5.20. The first-order valence-electron chi connectivity index (χ1n) is 5.20. The molecule has 1 rings (SSSR count). The van der Waals surface area contributed by atoms with Crippen molar-refractivity contribution in [2.24, 2.45) is 0 Å². The minimum atomic E-state index is 0.00945. The molecule has 0 N–H and O–H groups in total. The second-order valence-electron chi connectivity index (χ2n) is 3.50. The van der Waals surface area contributed by atoms with E-state index in [0.29, 0.717) is 13.2 Å². The smallest absolute Gasteiger partial charge is 0.144 e. The van der Waals surface area contributed by atoms with E-state index in [1.165, 1.54) is 0 Å². The van der Waals surface area contributed by atoms with E-state index in [2.05, 4.69) is 0 Å². The average Bonchev–Trinajstić information content (AvgIpc) is 2.25. The summed E-state index contributed by atoms with van der Waals surface area (Å²) in [6, 6.07) is 9.78. The van der Waals surface area contributed by atoms with Crippen molar-refractivity contribution in [2.75, 3.05) is 27.3 Å². The number of ether oxygens (including phenoxy) is 2. The van der Waals surface area contributed by atoms with E-state index in [4.69, 9.17) is 9.47 Å². The van der Waals surface area contributed by atoms with Crippen molar-refractivity contribution >= 4 is 0 Å². The molecule has 1 aromatic rings. The Morgan fingerprint density at radius 3 is 2.40 bits per heavy atom. The molecule has 0 saturated carbocycles. The van der Waals surface area contributed by atoms with Crippen molar-refractivity contribution in [2.45, 2.75) is 13.2 Å². The van der Waals surface area contributed by atoms with E-state index in [0.717, 1.165) is 5.75 Å². The van der Waals surface area contributed by atoms with Crippen LogP contribution < -0.4 is 4.74 Å². The van der Waals surface area contributed by atoms with E-state index in [1.807, 2.05) is 56.3 Å². The summed E-state index contributed by atoms with van der Waals surface area (Å²) in [5, 5.41) is 0. The third kappa shape index (κ3) is 4.32. The lowest BCUT2D eigenvalue weighted by Gasteiger charge is -2.23. The van der Waals surface area contributed by atoms with Crippen molar-refractivity contribution < 1.29 is 9.47 Å². The van der Waals surface area contributed by atoms with Crippen LogP contribution in [0.1, 0.15) is 6.92 Å². The summed E-state index contributed by atoms with van der Waals surface area (Å²) in [4.78, 5) is 2.01. The zero-order valence-corrected chi connectivity index (χ0v) is 9.64. The fraction of sp³-hybridized carbons (Fsp3) is 0.500. The second-order valence-corrected chi connectivity index (χ2v) is 3.50. The number of rotatable bonds is 6. The Bertz CT molecular complexity index is 262. The normalized spacial score (nSPS) is 12.8. The summed E-state index contributed by atoms with van der Waals surface area (Å²) in [7, 11) is 3.96. The van der Waals surface area contributed by atoms with Gasteiger partial charge < -0.3 is 9.47 Å². The predicted octanol–water partition coefficient (Wildman–Crippen LogP) is 1.99. The first kappa shape index (κ1) is 12.0. The lowest BCUT2D eigenvalue weighted by atomic mass is 10.3. The third-order valence-corrected chi connectivity index (χ3v) is 2.07. The van der Waals surface area contributed by atoms with E-state index in [1.54, 1.807) is 0 Å². The van der Waals surface area contributed by atoms with Crippen LogP contribution in [0, 0.1) is 0 Å². The van der Waals surface area contributed by atoms with E-state index in [9.17, 15) is 0 Å². The first-order chi connectivity index (χ1) is 7.24. The Kier molecular flexibility index (Phi) is 5.15. The van der Waals surface area contributed by atoms with Gasteiger partial charge in [0.15, 0.2) is 0 Å². The molecule has 0 amide bonds. The Hall–Kier alpha value is -1.06. The maximum absolute atomic E-state index is 5.62. The Morgan fingerprint density at radius 2 is 1.87 bits per heavy atom. The molecule has 15 heavy (non-hydrogen) atoms. The lowest BCUT2D eigenvalue weighted by molar-refractivity contribution is -0.0554. The summed E-state index contributed by atoms with van der Waals surface area (Å²) < 4.78 is 11.1. The molecule has 0 aliphatic carbocycles. The molecule has 0 aromatic heterocycles. The van der Waals surface area contributed by atoms with Crippen molar-refractivity contribution in [3.63, 3.8) is 0 Å². The van der Waals surface area contributed by atoms with Crippen LogP contribution in [0.25, 0.3) is 0 Å². The summed E-state index contributed by atoms with van der Waals surface area (Å²) in [5.74, 6) is 0.879. The molecule has 0 aliphatic heterocycles. The van der Waals surface area contributed by atoms with Crippen molar-refractivity contribution in [3.8, 4) is 5.75 Å². The van der Waals surface area contributed by atoms with Gasteiger partial charge in [0, 0.05) is 6.61 Å². The van der Waals surface area contributed by atoms with Gasteiger partial charge in [-0.2, -0.15) is 0 Å². The number of hydrogen-bond donors (Lipinski definition) is 0. The topological polar surface area (TPSA) is 21.7 Å². The molecule has 0 radical (unpaired) electrons. The maximum Gasteiger partial charge on any atom is 0.144 e. The molecular formula is C12H19NO2. The molecule has 3 heteroatoms. The van der Waals surface area contributed by atoms with Crippen molar-refractivity contribution in [3.05, 3.63) is 30.3 Å². The van der Waals surface area contributed by atoms with Crippen LogP contribution in [-0.4, -0.2) is 38.4 Å². The summed E-state index contributed by atoms with van der Waals surface area (Å²) in [6.07, 6.45) is 0.00945. The SMILES string of the molecule is CCOC(COc1ccccc1)N(C)C. The monoisotopic (exact) mass is 209 g/mol. The standard InChI is InChI=1S/C12H19NO2/c1-4-14-12(13(2)3)10-15-11-8-6-5-7-9-11/h5-9,12H,4,10H2,1-3H3. The van der Waals surface area contributed by atoms with Crippen LogP contribution in [0.2, 0.25) is 0 Å². The summed E-state index contributed by atoms with van der Waals surface area (Å²) in [5.41, 5.74) is 0. The van der Waals surface area contributed by atoms with E-state index < -0.39 is 0 Å². The van der Waals surface area contributed by atoms with Crippen molar-refractivity contribution in [1.29, 1.82) is 0 Å². The fourth-order valence-corrected chi connectivity index (χ4v) is 1.22. The highest BCUT2D eigenvalue weighted by atomic mass is 16.5. The molecule has 0 saturated heterocycles. The fourth-order valence-electron chi connectivity index (χ4n) is 1.22. The van der Waals surface area contributed by atoms with Crippen LogP contribution in [0.5, 0.6) is 5.75 Å². The van der Waals surface area contributed by atoms with Gasteiger partial charge in [-0.25, -0.2) is 0 Å². The molecule has 1 aromatic carbocycles. The van der Waals surface area contributed by atoms with Gasteiger partial charge in [0.1, 0.15) is 18.6 Å². The molecule has 1 atom stereocenters. The summed E-state index contributed by atoms with van der Waals surface area (Å²) in [6.45, 7) is 3.23. The Morgan fingerprint density at radius 1 is 1.20 bits per heavy atom. The largest absolute Gasteiger partial charge is 0.489 e. The quantitative estimate of drug-likeness (QED) is 0.669. The number of likely N-dealkylation sites (N-methyl/N-ethyl adjacent to an activating group) is 1. The minimum absolute atomic E-state index is 0.00945. The molecule has 1 unspecified atom stereocenters. The molecule has 0 bridgehead atoms. The molecular weight excluding hydrogens is 190 g/mol. The maximum atomic E-state index is 5.62. The molecule has 3 nitrogen and oxygen atoms in total. The molecule has 0 aliphatic rings. The van der Waals surface area contributed by atoms with Crippen LogP contribution in [0.4, 0.5) is 0 Å². The van der Waals surface area contributed by atoms with Gasteiger partial charge in [-0.05, 0) is 33.2 Å². The molecule has 84 valence electrons. The number of para-hydroxylation sites is 1. The van der Waals surface area contributed by atoms with Gasteiger partial charge >= 0.3 is 0 Å². The number of hydrogen-bond acceptors (Lipinski definition) is 3. The van der Waals surface area contributed by atoms with Crippen LogP contribution in [0.3, 0.4) is 0 Å². The van der Waals surface area contributed by atoms with Gasteiger partial charge in [0.05, 0.1) is 0 Å². The van der Waals surface area contributed by atoms with E-state index in [-0.39, 0.29) is 6.23 Å². The third-order valence-electron chi connectivity index (χ3n) is 2.07. The van der Waals surface area contributed by atoms with Gasteiger partial charge in [0.25, 0.3) is 0 Å². The van der Waals surface area contributed by atoms with Crippen LogP contribution in [-0.2, 0) is 4.74 Å². The molecule has 0 spiro atoms. The predicted molar refractivity (Wildman–Crippen MR) is 61.0 cm³/mol. The van der Waals surface area contributed by atoms with Gasteiger partial charge in [-0.15, -0.1) is 0 Å². The zero-order chi connectivity index (χ0) is 11.1. The van der Waals surface area contributed by atoms with Gasteiger partial charge in [0.2, 0.25) is 0 Å². The molecule has 0 fully saturated rings. The average molecular weight is 209 g/mol.